The molecule has 1 fully saturated rings. The summed E-state index contributed by atoms with van der Waals surface area (Å²) in [4.78, 5) is 8.83. The van der Waals surface area contributed by atoms with Gasteiger partial charge in [-0.25, -0.2) is 9.97 Å². The van der Waals surface area contributed by atoms with Crippen molar-refractivity contribution in [3.8, 4) is 0 Å². The maximum absolute atomic E-state index is 6.02. The Balaban J connectivity index is 2.01. The largest absolute Gasteiger partial charge is 0.378 e. The van der Waals surface area contributed by atoms with E-state index in [-0.39, 0.29) is 6.10 Å². The number of pyridine rings is 1. The molecular formula is C13H18N4O. The molecule has 2 N–H and O–H groups in total. The molecule has 0 saturated carbocycles. The number of ether oxygens (including phenoxy) is 1. The van der Waals surface area contributed by atoms with E-state index in [1.54, 1.807) is 0 Å². The summed E-state index contributed by atoms with van der Waals surface area (Å²) >= 11 is 0. The van der Waals surface area contributed by atoms with E-state index in [0.717, 1.165) is 36.3 Å². The summed E-state index contributed by atoms with van der Waals surface area (Å²) in [5, 5.41) is 0. The van der Waals surface area contributed by atoms with Crippen molar-refractivity contribution in [2.24, 2.45) is 5.92 Å². The molecule has 2 aromatic heterocycles. The highest BCUT2D eigenvalue weighted by molar-refractivity contribution is 5.77. The number of nitrogens with zero attached hydrogens (tertiary/aromatic N) is 3. The zero-order chi connectivity index (χ0) is 12.7. The Bertz CT molecular complexity index is 578. The van der Waals surface area contributed by atoms with Crippen LogP contribution in [-0.2, 0) is 11.3 Å². The molecule has 0 bridgehead atoms. The zero-order valence-corrected chi connectivity index (χ0v) is 10.8. The monoisotopic (exact) mass is 246 g/mol. The maximum atomic E-state index is 6.02. The van der Waals surface area contributed by atoms with E-state index >= 15 is 0 Å². The van der Waals surface area contributed by atoms with Crippen LogP contribution in [0.25, 0.3) is 11.2 Å². The molecule has 2 aromatic rings. The maximum Gasteiger partial charge on any atom is 0.202 e. The summed E-state index contributed by atoms with van der Waals surface area (Å²) in [6.45, 7) is 5.82. The zero-order valence-electron chi connectivity index (χ0n) is 10.8. The molecule has 0 amide bonds. The lowest BCUT2D eigenvalue weighted by Gasteiger charge is -2.15. The molecular weight excluding hydrogens is 228 g/mol. The predicted molar refractivity (Wildman–Crippen MR) is 70.2 cm³/mol. The summed E-state index contributed by atoms with van der Waals surface area (Å²) in [6, 6.07) is 1.96. The second-order valence-corrected chi connectivity index (χ2v) is 5.01. The minimum atomic E-state index is 0.284. The van der Waals surface area contributed by atoms with Gasteiger partial charge in [0.1, 0.15) is 5.52 Å². The lowest BCUT2D eigenvalue weighted by molar-refractivity contribution is 0.102. The molecule has 3 rings (SSSR count). The van der Waals surface area contributed by atoms with Gasteiger partial charge < -0.3 is 10.5 Å². The van der Waals surface area contributed by atoms with Gasteiger partial charge in [0, 0.05) is 25.3 Å². The van der Waals surface area contributed by atoms with E-state index in [1.165, 1.54) is 0 Å². The smallest absolute Gasteiger partial charge is 0.202 e. The molecule has 0 spiro atoms. The van der Waals surface area contributed by atoms with Crippen LogP contribution >= 0.6 is 0 Å². The number of aromatic nitrogens is 3. The molecule has 0 aliphatic carbocycles. The second-order valence-electron chi connectivity index (χ2n) is 5.01. The minimum Gasteiger partial charge on any atom is -0.378 e. The number of imidazole rings is 1. The SMILES string of the molecule is Cc1ccnc2c1nc(N)n2CC1CCOC1C. The average Bonchev–Trinajstić information content (AvgIpc) is 2.87. The van der Waals surface area contributed by atoms with Crippen molar-refractivity contribution in [1.82, 2.24) is 14.5 Å². The molecule has 1 aliphatic heterocycles. The van der Waals surface area contributed by atoms with E-state index < -0.39 is 0 Å². The number of anilines is 1. The first-order valence-electron chi connectivity index (χ1n) is 6.35. The number of aryl methyl sites for hydroxylation is 1. The number of hydrogen-bond acceptors (Lipinski definition) is 4. The second kappa shape index (κ2) is 4.24. The normalized spacial score (nSPS) is 23.9. The third-order valence-corrected chi connectivity index (χ3v) is 3.82. The summed E-state index contributed by atoms with van der Waals surface area (Å²) in [6.07, 6.45) is 3.17. The Morgan fingerprint density at radius 2 is 2.39 bits per heavy atom. The number of nitrogen functional groups attached to an aromatic ring is 1. The Kier molecular flexibility index (Phi) is 2.70. The highest BCUT2D eigenvalue weighted by Gasteiger charge is 2.26. The highest BCUT2D eigenvalue weighted by Crippen LogP contribution is 2.26. The molecule has 5 nitrogen and oxygen atoms in total. The number of hydrogen-bond donors (Lipinski definition) is 1. The van der Waals surface area contributed by atoms with Gasteiger partial charge in [0.15, 0.2) is 5.65 Å². The summed E-state index contributed by atoms with van der Waals surface area (Å²) in [5.41, 5.74) is 8.91. The van der Waals surface area contributed by atoms with Crippen molar-refractivity contribution >= 4 is 17.1 Å². The van der Waals surface area contributed by atoms with Gasteiger partial charge in [-0.1, -0.05) is 0 Å². The van der Waals surface area contributed by atoms with E-state index in [2.05, 4.69) is 16.9 Å². The highest BCUT2D eigenvalue weighted by atomic mass is 16.5. The molecule has 96 valence electrons. The van der Waals surface area contributed by atoms with E-state index in [4.69, 9.17) is 10.5 Å². The van der Waals surface area contributed by atoms with Crippen LogP contribution in [0.1, 0.15) is 18.9 Å². The Morgan fingerprint density at radius 1 is 1.56 bits per heavy atom. The number of fused-ring (bicyclic) bond motifs is 1. The van der Waals surface area contributed by atoms with Crippen LogP contribution in [0.5, 0.6) is 0 Å². The molecule has 5 heteroatoms. The Morgan fingerprint density at radius 3 is 3.11 bits per heavy atom. The topological polar surface area (TPSA) is 66.0 Å². The predicted octanol–water partition coefficient (Wildman–Crippen LogP) is 1.75. The third kappa shape index (κ3) is 1.75. The van der Waals surface area contributed by atoms with Crippen molar-refractivity contribution in [2.45, 2.75) is 32.9 Å². The molecule has 1 saturated heterocycles. The third-order valence-electron chi connectivity index (χ3n) is 3.82. The van der Waals surface area contributed by atoms with Crippen molar-refractivity contribution in [3.05, 3.63) is 17.8 Å². The van der Waals surface area contributed by atoms with Gasteiger partial charge in [0.05, 0.1) is 6.10 Å². The van der Waals surface area contributed by atoms with E-state index in [1.807, 2.05) is 23.8 Å². The van der Waals surface area contributed by atoms with Crippen LogP contribution in [0.2, 0.25) is 0 Å². The van der Waals surface area contributed by atoms with Gasteiger partial charge in [-0.15, -0.1) is 0 Å². The fraction of sp³-hybridized carbons (Fsp3) is 0.538. The first kappa shape index (κ1) is 11.5. The lowest BCUT2D eigenvalue weighted by atomic mass is 10.0. The molecule has 2 atom stereocenters. The molecule has 0 aromatic carbocycles. The standard InChI is InChI=1S/C13H18N4O/c1-8-3-5-15-12-11(8)16-13(14)17(12)7-10-4-6-18-9(10)2/h3,5,9-10H,4,6-7H2,1-2H3,(H2,14,16). The van der Waals surface area contributed by atoms with E-state index in [0.29, 0.717) is 11.9 Å². The van der Waals surface area contributed by atoms with Gasteiger partial charge in [-0.2, -0.15) is 0 Å². The molecule has 18 heavy (non-hydrogen) atoms. The lowest BCUT2D eigenvalue weighted by Crippen LogP contribution is -2.19. The number of nitrogens with two attached hydrogens (primary N) is 1. The van der Waals surface area contributed by atoms with Gasteiger partial charge in [-0.05, 0) is 31.9 Å². The number of rotatable bonds is 2. The van der Waals surface area contributed by atoms with Crippen LogP contribution in [0.15, 0.2) is 12.3 Å². The Hall–Kier alpha value is -1.62. The van der Waals surface area contributed by atoms with Crippen molar-refractivity contribution < 1.29 is 4.74 Å². The molecule has 3 heterocycles. The summed E-state index contributed by atoms with van der Waals surface area (Å²) in [5.74, 6) is 1.04. The summed E-state index contributed by atoms with van der Waals surface area (Å²) in [7, 11) is 0. The van der Waals surface area contributed by atoms with Crippen molar-refractivity contribution in [1.29, 1.82) is 0 Å². The fourth-order valence-electron chi connectivity index (χ4n) is 2.59. The first-order chi connectivity index (χ1) is 8.66. The molecule has 1 aliphatic rings. The van der Waals surface area contributed by atoms with Gasteiger partial charge in [-0.3, -0.25) is 4.57 Å². The van der Waals surface area contributed by atoms with Gasteiger partial charge in [0.2, 0.25) is 5.95 Å². The first-order valence-corrected chi connectivity index (χ1v) is 6.35. The van der Waals surface area contributed by atoms with Crippen molar-refractivity contribution in [2.75, 3.05) is 12.3 Å². The van der Waals surface area contributed by atoms with Gasteiger partial charge >= 0.3 is 0 Å². The van der Waals surface area contributed by atoms with Crippen molar-refractivity contribution in [3.63, 3.8) is 0 Å². The van der Waals surface area contributed by atoms with Crippen LogP contribution in [0.4, 0.5) is 5.95 Å². The Labute approximate surface area is 106 Å². The molecule has 0 radical (unpaired) electrons. The van der Waals surface area contributed by atoms with Crippen LogP contribution in [-0.4, -0.2) is 27.2 Å². The van der Waals surface area contributed by atoms with Gasteiger partial charge in [0.25, 0.3) is 0 Å². The van der Waals surface area contributed by atoms with Crippen LogP contribution in [0.3, 0.4) is 0 Å². The summed E-state index contributed by atoms with van der Waals surface area (Å²) < 4.78 is 7.61. The molecule has 2 unspecified atom stereocenters. The average molecular weight is 246 g/mol. The van der Waals surface area contributed by atoms with Crippen LogP contribution < -0.4 is 5.73 Å². The van der Waals surface area contributed by atoms with E-state index in [9.17, 15) is 0 Å². The van der Waals surface area contributed by atoms with Crippen LogP contribution in [0, 0.1) is 12.8 Å². The minimum absolute atomic E-state index is 0.284. The fourth-order valence-corrected chi connectivity index (χ4v) is 2.59. The quantitative estimate of drug-likeness (QED) is 0.876.